The fraction of sp³-hybridized carbons (Fsp3) is 0.261. The van der Waals surface area contributed by atoms with E-state index >= 15 is 0 Å². The predicted octanol–water partition coefficient (Wildman–Crippen LogP) is 2.45. The Morgan fingerprint density at radius 3 is 2.31 bits per heavy atom. The first-order chi connectivity index (χ1) is 15.5. The molecule has 164 valence electrons. The van der Waals surface area contributed by atoms with E-state index < -0.39 is 11.2 Å². The molecule has 32 heavy (non-hydrogen) atoms. The van der Waals surface area contributed by atoms with Crippen molar-refractivity contribution in [2.24, 2.45) is 7.05 Å². The molecule has 2 aromatic carbocycles. The van der Waals surface area contributed by atoms with Crippen molar-refractivity contribution in [2.45, 2.75) is 6.54 Å². The first-order valence-electron chi connectivity index (χ1n) is 10.5. The number of H-pyrrole nitrogens is 1. The number of aromatic nitrogens is 4. The first kappa shape index (κ1) is 20.4. The van der Waals surface area contributed by atoms with E-state index in [1.54, 1.807) is 7.05 Å². The van der Waals surface area contributed by atoms with Crippen molar-refractivity contribution in [3.63, 3.8) is 0 Å². The zero-order chi connectivity index (χ0) is 22.2. The molecule has 0 amide bonds. The van der Waals surface area contributed by atoms with E-state index in [1.165, 1.54) is 10.3 Å². The van der Waals surface area contributed by atoms with Crippen molar-refractivity contribution in [1.29, 1.82) is 0 Å². The standard InChI is InChI=1S/C23H23ClN6O2/c1-27-20-19(21(31)26-23(27)32)30(15-16-7-5-6-10-18(16)24)22(25-20)29-13-11-28(12-14-29)17-8-3-2-4-9-17/h2-10H,11-15H2,1H3,(H,26,31,32). The van der Waals surface area contributed by atoms with E-state index in [-0.39, 0.29) is 0 Å². The van der Waals surface area contributed by atoms with Crippen LogP contribution in [0.15, 0.2) is 64.2 Å². The SMILES string of the molecule is Cn1c(=O)[nH]c(=O)c2c1nc(N1CCN(c3ccccc3)CC1)n2Cc1ccccc1Cl. The predicted molar refractivity (Wildman–Crippen MR) is 127 cm³/mol. The molecule has 0 atom stereocenters. The summed E-state index contributed by atoms with van der Waals surface area (Å²) in [7, 11) is 1.62. The number of imidazole rings is 1. The van der Waals surface area contributed by atoms with Gasteiger partial charge in [-0.15, -0.1) is 0 Å². The van der Waals surface area contributed by atoms with Gasteiger partial charge in [-0.25, -0.2) is 4.79 Å². The maximum atomic E-state index is 12.8. The number of halogens is 1. The second-order valence-corrected chi connectivity index (χ2v) is 8.30. The van der Waals surface area contributed by atoms with Gasteiger partial charge in [0.2, 0.25) is 5.95 Å². The summed E-state index contributed by atoms with van der Waals surface area (Å²) in [6.07, 6.45) is 0. The molecule has 9 heteroatoms. The molecule has 1 aliphatic heterocycles. The monoisotopic (exact) mass is 450 g/mol. The third kappa shape index (κ3) is 3.56. The molecule has 0 unspecified atom stereocenters. The van der Waals surface area contributed by atoms with Crippen LogP contribution >= 0.6 is 11.6 Å². The average Bonchev–Trinajstić information content (AvgIpc) is 3.20. The van der Waals surface area contributed by atoms with Crippen molar-refractivity contribution in [3.8, 4) is 0 Å². The molecule has 8 nitrogen and oxygen atoms in total. The quantitative estimate of drug-likeness (QED) is 0.516. The summed E-state index contributed by atoms with van der Waals surface area (Å²) in [4.78, 5) is 36.6. The highest BCUT2D eigenvalue weighted by atomic mass is 35.5. The van der Waals surface area contributed by atoms with Crippen LogP contribution in [0.5, 0.6) is 0 Å². The fourth-order valence-corrected chi connectivity index (χ4v) is 4.41. The number of anilines is 2. The van der Waals surface area contributed by atoms with Gasteiger partial charge in [0, 0.05) is 43.9 Å². The molecule has 3 heterocycles. The third-order valence-corrected chi connectivity index (χ3v) is 6.33. The molecule has 0 spiro atoms. The number of aromatic amines is 1. The molecule has 0 bridgehead atoms. The average molecular weight is 451 g/mol. The molecule has 1 aliphatic rings. The van der Waals surface area contributed by atoms with Gasteiger partial charge in [-0.3, -0.25) is 18.9 Å². The fourth-order valence-electron chi connectivity index (χ4n) is 4.21. The number of hydrogen-bond donors (Lipinski definition) is 1. The maximum Gasteiger partial charge on any atom is 0.329 e. The van der Waals surface area contributed by atoms with Crippen LogP contribution in [-0.4, -0.2) is 45.3 Å². The second-order valence-electron chi connectivity index (χ2n) is 7.89. The summed E-state index contributed by atoms with van der Waals surface area (Å²) >= 11 is 6.42. The Morgan fingerprint density at radius 1 is 0.938 bits per heavy atom. The van der Waals surface area contributed by atoms with Crippen molar-refractivity contribution in [1.82, 2.24) is 19.1 Å². The van der Waals surface area contributed by atoms with Crippen LogP contribution in [0.1, 0.15) is 5.56 Å². The number of rotatable bonds is 4. The number of benzene rings is 2. The van der Waals surface area contributed by atoms with Crippen molar-refractivity contribution in [3.05, 3.63) is 86.0 Å². The third-order valence-electron chi connectivity index (χ3n) is 5.96. The van der Waals surface area contributed by atoms with Crippen LogP contribution in [0.25, 0.3) is 11.2 Å². The lowest BCUT2D eigenvalue weighted by Gasteiger charge is -2.36. The van der Waals surface area contributed by atoms with Gasteiger partial charge in [-0.2, -0.15) is 4.98 Å². The molecule has 0 radical (unpaired) electrons. The zero-order valence-electron chi connectivity index (χ0n) is 17.7. The molecular formula is C23H23ClN6O2. The highest BCUT2D eigenvalue weighted by molar-refractivity contribution is 6.31. The highest BCUT2D eigenvalue weighted by Crippen LogP contribution is 2.26. The lowest BCUT2D eigenvalue weighted by atomic mass is 10.2. The number of fused-ring (bicyclic) bond motifs is 1. The van der Waals surface area contributed by atoms with E-state index in [2.05, 4.69) is 26.9 Å². The van der Waals surface area contributed by atoms with E-state index in [9.17, 15) is 9.59 Å². The van der Waals surface area contributed by atoms with Crippen LogP contribution in [0.4, 0.5) is 11.6 Å². The molecule has 0 aliphatic carbocycles. The van der Waals surface area contributed by atoms with Gasteiger partial charge < -0.3 is 9.80 Å². The Labute approximate surface area is 189 Å². The molecular weight excluding hydrogens is 428 g/mol. The zero-order valence-corrected chi connectivity index (χ0v) is 18.4. The minimum Gasteiger partial charge on any atom is -0.368 e. The summed E-state index contributed by atoms with van der Waals surface area (Å²) < 4.78 is 3.25. The Morgan fingerprint density at radius 2 is 1.59 bits per heavy atom. The van der Waals surface area contributed by atoms with Crippen LogP contribution in [0, 0.1) is 0 Å². The van der Waals surface area contributed by atoms with E-state index in [0.29, 0.717) is 28.7 Å². The summed E-state index contributed by atoms with van der Waals surface area (Å²) in [5, 5.41) is 0.621. The summed E-state index contributed by atoms with van der Waals surface area (Å²) in [5.74, 6) is 0.666. The number of para-hydroxylation sites is 1. The molecule has 5 rings (SSSR count). The minimum atomic E-state index is -0.481. The molecule has 0 saturated carbocycles. The van der Waals surface area contributed by atoms with Crippen molar-refractivity contribution in [2.75, 3.05) is 36.0 Å². The number of hydrogen-bond acceptors (Lipinski definition) is 5. The van der Waals surface area contributed by atoms with Crippen LogP contribution in [0.3, 0.4) is 0 Å². The summed E-state index contributed by atoms with van der Waals surface area (Å²) in [6.45, 7) is 3.52. The van der Waals surface area contributed by atoms with E-state index in [0.717, 1.165) is 31.7 Å². The molecule has 2 aromatic heterocycles. The molecule has 1 N–H and O–H groups in total. The lowest BCUT2D eigenvalue weighted by Crippen LogP contribution is -2.47. The van der Waals surface area contributed by atoms with Crippen molar-refractivity contribution < 1.29 is 0 Å². The maximum absolute atomic E-state index is 12.8. The minimum absolute atomic E-state index is 0.367. The highest BCUT2D eigenvalue weighted by Gasteiger charge is 2.25. The van der Waals surface area contributed by atoms with Crippen LogP contribution < -0.4 is 21.0 Å². The number of nitrogens with zero attached hydrogens (tertiary/aromatic N) is 5. The lowest BCUT2D eigenvalue weighted by molar-refractivity contribution is 0.625. The Bertz CT molecular complexity index is 1380. The van der Waals surface area contributed by atoms with Gasteiger partial charge in [0.15, 0.2) is 11.2 Å². The Balaban J connectivity index is 1.56. The smallest absolute Gasteiger partial charge is 0.329 e. The molecule has 4 aromatic rings. The van der Waals surface area contributed by atoms with Gasteiger partial charge >= 0.3 is 5.69 Å². The van der Waals surface area contributed by atoms with Crippen molar-refractivity contribution >= 4 is 34.4 Å². The van der Waals surface area contributed by atoms with E-state index in [1.807, 2.05) is 47.0 Å². The topological polar surface area (TPSA) is 79.2 Å². The van der Waals surface area contributed by atoms with Crippen LogP contribution in [-0.2, 0) is 13.6 Å². The van der Waals surface area contributed by atoms with Gasteiger partial charge in [0.25, 0.3) is 5.56 Å². The van der Waals surface area contributed by atoms with Gasteiger partial charge in [0.05, 0.1) is 6.54 Å². The first-order valence-corrected chi connectivity index (χ1v) is 10.9. The number of piperazine rings is 1. The normalized spacial score (nSPS) is 14.3. The van der Waals surface area contributed by atoms with E-state index in [4.69, 9.17) is 16.6 Å². The van der Waals surface area contributed by atoms with Gasteiger partial charge in [-0.1, -0.05) is 48.0 Å². The summed E-state index contributed by atoms with van der Waals surface area (Å²) in [5.41, 5.74) is 1.88. The van der Waals surface area contributed by atoms with Gasteiger partial charge in [-0.05, 0) is 23.8 Å². The number of aryl methyl sites for hydroxylation is 1. The summed E-state index contributed by atoms with van der Waals surface area (Å²) in [6, 6.07) is 17.9. The second kappa shape index (κ2) is 8.20. The molecule has 1 saturated heterocycles. The Hall–Kier alpha value is -3.52. The Kier molecular flexibility index (Phi) is 5.22. The van der Waals surface area contributed by atoms with Gasteiger partial charge in [0.1, 0.15) is 0 Å². The van der Waals surface area contributed by atoms with Crippen LogP contribution in [0.2, 0.25) is 5.02 Å². The largest absolute Gasteiger partial charge is 0.368 e. The number of nitrogens with one attached hydrogen (secondary N) is 1. The molecule has 1 fully saturated rings.